The highest BCUT2D eigenvalue weighted by Crippen LogP contribution is 2.43. The van der Waals surface area contributed by atoms with Gasteiger partial charge in [-0.3, -0.25) is 9.59 Å². The highest BCUT2D eigenvalue weighted by Gasteiger charge is 2.22. The van der Waals surface area contributed by atoms with Gasteiger partial charge in [-0.1, -0.05) is 36.6 Å². The number of carboxylic acids is 1. The average Bonchev–Trinajstić information content (AvgIpc) is 3.04. The fourth-order valence-corrected chi connectivity index (χ4v) is 5.70. The van der Waals surface area contributed by atoms with Gasteiger partial charge in [-0.15, -0.1) is 11.6 Å². The Labute approximate surface area is 274 Å². The number of benzene rings is 4. The van der Waals surface area contributed by atoms with E-state index in [1.165, 1.54) is 30.3 Å². The Balaban J connectivity index is 1.37. The van der Waals surface area contributed by atoms with Crippen LogP contribution < -0.4 is 10.7 Å². The highest BCUT2D eigenvalue weighted by atomic mass is 35.5. The molecule has 0 aliphatic rings. The number of alkyl halides is 1. The lowest BCUT2D eigenvalue weighted by Crippen LogP contribution is -2.28. The second kappa shape index (κ2) is 15.4. The summed E-state index contributed by atoms with van der Waals surface area (Å²) in [5.74, 6) is -1.21. The summed E-state index contributed by atoms with van der Waals surface area (Å²) in [4.78, 5) is 37.5. The maximum Gasteiger partial charge on any atom is 0.336 e. The number of ether oxygens (including phenoxy) is 2. The lowest BCUT2D eigenvalue weighted by Gasteiger charge is -2.16. The van der Waals surface area contributed by atoms with Crippen LogP contribution in [0, 0.1) is 0 Å². The van der Waals surface area contributed by atoms with Gasteiger partial charge in [0.2, 0.25) is 0 Å². The summed E-state index contributed by atoms with van der Waals surface area (Å²) in [5.41, 5.74) is 1.34. The minimum absolute atomic E-state index is 0.0554. The van der Waals surface area contributed by atoms with Crippen LogP contribution in [0.25, 0.3) is 43.8 Å². The number of aromatic carboxylic acids is 1. The largest absolute Gasteiger partial charge is 0.506 e. The van der Waals surface area contributed by atoms with Gasteiger partial charge in [0.1, 0.15) is 16.9 Å². The van der Waals surface area contributed by atoms with Gasteiger partial charge in [0.25, 0.3) is 5.91 Å². The second-order valence-electron chi connectivity index (χ2n) is 10.8. The van der Waals surface area contributed by atoms with E-state index in [1.54, 1.807) is 30.3 Å². The summed E-state index contributed by atoms with van der Waals surface area (Å²) >= 11 is 12.0. The number of amides is 1. The first kappa shape index (κ1) is 33.2. The van der Waals surface area contributed by atoms with Crippen molar-refractivity contribution in [3.05, 3.63) is 87.0 Å². The molecule has 240 valence electrons. The smallest absolute Gasteiger partial charge is 0.336 e. The summed E-state index contributed by atoms with van der Waals surface area (Å²) in [6.07, 6.45) is 4.17. The normalized spacial score (nSPS) is 11.4. The molecule has 46 heavy (non-hydrogen) atoms. The number of rotatable bonds is 15. The third-order valence-electron chi connectivity index (χ3n) is 7.60. The molecule has 4 aromatic carbocycles. The molecule has 11 heteroatoms. The quantitative estimate of drug-likeness (QED) is 0.0456. The molecule has 1 heterocycles. The van der Waals surface area contributed by atoms with Crippen LogP contribution in [0.5, 0.6) is 5.75 Å². The van der Waals surface area contributed by atoms with Crippen molar-refractivity contribution in [1.82, 2.24) is 5.32 Å². The van der Waals surface area contributed by atoms with Crippen molar-refractivity contribution in [3.63, 3.8) is 0 Å². The Kier molecular flexibility index (Phi) is 11.1. The molecule has 3 N–H and O–H groups in total. The first-order chi connectivity index (χ1) is 22.3. The number of carbonyl (C=O) groups is 2. The van der Waals surface area contributed by atoms with Crippen LogP contribution in [0.1, 0.15) is 46.4 Å². The zero-order valence-corrected chi connectivity index (χ0v) is 26.5. The van der Waals surface area contributed by atoms with E-state index in [0.717, 1.165) is 25.7 Å². The predicted octanol–water partition coefficient (Wildman–Crippen LogP) is 7.39. The number of hydrogen-bond acceptors (Lipinski definition) is 7. The number of phenols is 1. The van der Waals surface area contributed by atoms with Crippen molar-refractivity contribution in [2.45, 2.75) is 25.7 Å². The van der Waals surface area contributed by atoms with Crippen molar-refractivity contribution in [2.24, 2.45) is 0 Å². The number of nitrogens with one attached hydrogen (secondary N) is 1. The van der Waals surface area contributed by atoms with Gasteiger partial charge in [-0.2, -0.15) is 0 Å². The van der Waals surface area contributed by atoms with Crippen molar-refractivity contribution in [3.8, 4) is 16.9 Å². The number of carboxylic acid groups (broad SMARTS) is 1. The molecular formula is C35H33Cl2NO8. The molecule has 1 aromatic heterocycles. The number of carbonyl (C=O) groups excluding carboxylic acids is 1. The van der Waals surface area contributed by atoms with E-state index in [1.807, 2.05) is 0 Å². The molecule has 0 unspecified atom stereocenters. The van der Waals surface area contributed by atoms with Crippen LogP contribution in [-0.4, -0.2) is 60.9 Å². The van der Waals surface area contributed by atoms with Crippen LogP contribution in [0.2, 0.25) is 5.02 Å². The van der Waals surface area contributed by atoms with Gasteiger partial charge in [0.15, 0.2) is 5.43 Å². The first-order valence-corrected chi connectivity index (χ1v) is 15.9. The van der Waals surface area contributed by atoms with Crippen molar-refractivity contribution in [1.29, 1.82) is 0 Å². The number of halogens is 2. The number of phenolic OH excluding ortho intramolecular Hbond substituents is 1. The number of hydrogen-bond donors (Lipinski definition) is 3. The minimum atomic E-state index is -1.24. The van der Waals surface area contributed by atoms with E-state index in [0.29, 0.717) is 64.0 Å². The van der Waals surface area contributed by atoms with Gasteiger partial charge < -0.3 is 29.4 Å². The molecule has 0 saturated carbocycles. The molecule has 5 aromatic rings. The first-order valence-electron chi connectivity index (χ1n) is 15.0. The second-order valence-corrected chi connectivity index (χ2v) is 11.5. The van der Waals surface area contributed by atoms with E-state index in [-0.39, 0.29) is 46.1 Å². The summed E-state index contributed by atoms with van der Waals surface area (Å²) < 4.78 is 17.3. The molecule has 0 bridgehead atoms. The highest BCUT2D eigenvalue weighted by molar-refractivity contribution is 6.33. The van der Waals surface area contributed by atoms with Crippen molar-refractivity contribution in [2.75, 3.05) is 38.9 Å². The Bertz CT molecular complexity index is 1960. The Morgan fingerprint density at radius 3 is 2.37 bits per heavy atom. The van der Waals surface area contributed by atoms with Crippen LogP contribution in [0.15, 0.2) is 69.9 Å². The van der Waals surface area contributed by atoms with Crippen LogP contribution in [-0.2, 0) is 9.47 Å². The standard InChI is InChI=1S/C35H33Cl2NO8/c36-11-3-1-2-4-13-44-15-16-45-14-12-38-34(41)22-6-8-25(27(18-22)35(42)43)32-26-9-5-21-17-23(39)7-10-24(21)33(26)46-31-20-30(40)29(37)19-28(31)32/h5-10,17-20,40H,1-4,11-16H2,(H,38,41)(H,42,43). The van der Waals surface area contributed by atoms with E-state index in [9.17, 15) is 24.6 Å². The molecule has 0 spiro atoms. The fourth-order valence-electron chi connectivity index (χ4n) is 5.35. The Morgan fingerprint density at radius 1 is 0.826 bits per heavy atom. The fraction of sp³-hybridized carbons (Fsp3) is 0.286. The minimum Gasteiger partial charge on any atom is -0.506 e. The van der Waals surface area contributed by atoms with E-state index in [4.69, 9.17) is 37.1 Å². The Hall–Kier alpha value is -4.15. The topological polar surface area (TPSA) is 135 Å². The summed E-state index contributed by atoms with van der Waals surface area (Å²) in [5, 5.41) is 25.7. The summed E-state index contributed by atoms with van der Waals surface area (Å²) in [6, 6.07) is 15.4. The molecular weight excluding hydrogens is 633 g/mol. The average molecular weight is 667 g/mol. The maximum atomic E-state index is 13.0. The zero-order valence-electron chi connectivity index (χ0n) is 24.9. The maximum absolute atomic E-state index is 13.0. The molecule has 0 aliphatic carbocycles. The SMILES string of the molecule is O=C(NCCOCCOCCCCCCCl)c1ccc(-c2c3cc(Cl)c(O)cc3oc3c2ccc2cc(=O)ccc23)c(C(=O)O)c1. The van der Waals surface area contributed by atoms with E-state index >= 15 is 0 Å². The Morgan fingerprint density at radius 2 is 1.59 bits per heavy atom. The monoisotopic (exact) mass is 665 g/mol. The molecule has 0 atom stereocenters. The predicted molar refractivity (Wildman–Crippen MR) is 180 cm³/mol. The van der Waals surface area contributed by atoms with Gasteiger partial charge in [-0.05, 0) is 66.3 Å². The van der Waals surface area contributed by atoms with Crippen LogP contribution in [0.3, 0.4) is 0 Å². The summed E-state index contributed by atoms with van der Waals surface area (Å²) in [6.45, 7) is 2.04. The number of unbranched alkanes of at least 4 members (excludes halogenated alkanes) is 3. The summed E-state index contributed by atoms with van der Waals surface area (Å²) in [7, 11) is 0. The van der Waals surface area contributed by atoms with E-state index in [2.05, 4.69) is 5.32 Å². The lowest BCUT2D eigenvalue weighted by atomic mass is 9.91. The van der Waals surface area contributed by atoms with Gasteiger partial charge >= 0.3 is 5.97 Å². The van der Waals surface area contributed by atoms with Gasteiger partial charge in [0, 0.05) is 52.4 Å². The third kappa shape index (κ3) is 7.62. The lowest BCUT2D eigenvalue weighted by molar-refractivity contribution is 0.0468. The van der Waals surface area contributed by atoms with Crippen molar-refractivity contribution >= 4 is 67.8 Å². The van der Waals surface area contributed by atoms with Crippen molar-refractivity contribution < 1.29 is 33.7 Å². The third-order valence-corrected chi connectivity index (χ3v) is 8.17. The van der Waals surface area contributed by atoms with E-state index < -0.39 is 11.9 Å². The molecule has 0 saturated heterocycles. The molecule has 9 nitrogen and oxygen atoms in total. The molecule has 0 aliphatic heterocycles. The zero-order chi connectivity index (χ0) is 32.6. The van der Waals surface area contributed by atoms with Crippen LogP contribution in [0.4, 0.5) is 0 Å². The molecule has 0 fully saturated rings. The van der Waals surface area contributed by atoms with Crippen LogP contribution >= 0.6 is 23.2 Å². The molecule has 5 rings (SSSR count). The van der Waals surface area contributed by atoms with Gasteiger partial charge in [0.05, 0.1) is 30.4 Å². The molecule has 1 amide bonds. The number of aromatic hydroxyl groups is 1. The molecule has 0 radical (unpaired) electrons. The van der Waals surface area contributed by atoms with Gasteiger partial charge in [-0.25, -0.2) is 4.79 Å². The number of fused-ring (bicyclic) bond motifs is 4.